The van der Waals surface area contributed by atoms with Crippen molar-refractivity contribution in [3.8, 4) is 0 Å². The number of hydrogen-bond donors (Lipinski definition) is 0. The molecule has 0 amide bonds. The fourth-order valence-corrected chi connectivity index (χ4v) is 1.73. The van der Waals surface area contributed by atoms with Crippen LogP contribution in [0, 0.1) is 0 Å². The molecule has 0 bridgehead atoms. The summed E-state index contributed by atoms with van der Waals surface area (Å²) >= 11 is 0. The van der Waals surface area contributed by atoms with Crippen LogP contribution in [0.2, 0.25) is 19.6 Å². The normalized spacial score (nSPS) is 13.8. The second-order valence-corrected chi connectivity index (χ2v) is 8.60. The van der Waals surface area contributed by atoms with Gasteiger partial charge in [0.05, 0.1) is 8.07 Å². The van der Waals surface area contributed by atoms with Gasteiger partial charge in [0.2, 0.25) is 0 Å². The van der Waals surface area contributed by atoms with Crippen molar-refractivity contribution >= 4 is 8.07 Å². The van der Waals surface area contributed by atoms with E-state index in [4.69, 9.17) is 10.3 Å². The number of rotatable bonds is 4. The van der Waals surface area contributed by atoms with Crippen LogP contribution in [0.4, 0.5) is 0 Å². The highest BCUT2D eigenvalue weighted by atomic mass is 28.3. The molecule has 1 unspecified atom stereocenters. The predicted molar refractivity (Wildman–Crippen MR) is 47.9 cm³/mol. The summed E-state index contributed by atoms with van der Waals surface area (Å²) in [5.41, 5.74) is 8.23. The largest absolute Gasteiger partial charge is 0.376 e. The molecule has 0 fully saturated rings. The van der Waals surface area contributed by atoms with Crippen LogP contribution in [-0.2, 0) is 4.74 Å². The van der Waals surface area contributed by atoms with Crippen molar-refractivity contribution in [3.05, 3.63) is 10.4 Å². The second kappa shape index (κ2) is 4.38. The van der Waals surface area contributed by atoms with Crippen molar-refractivity contribution in [1.82, 2.24) is 0 Å². The van der Waals surface area contributed by atoms with Gasteiger partial charge in [-0.2, -0.15) is 0 Å². The molecule has 0 aromatic carbocycles. The van der Waals surface area contributed by atoms with Crippen LogP contribution >= 0.6 is 0 Å². The third-order valence-electron chi connectivity index (χ3n) is 1.22. The zero-order valence-electron chi connectivity index (χ0n) is 7.53. The predicted octanol–water partition coefficient (Wildman–Crippen LogP) is 2.54. The molecule has 0 aromatic rings. The molecular weight excluding hydrogens is 158 g/mol. The summed E-state index contributed by atoms with van der Waals surface area (Å²) in [4.78, 5) is 2.76. The Morgan fingerprint density at radius 1 is 1.55 bits per heavy atom. The summed E-state index contributed by atoms with van der Waals surface area (Å²) in [7, 11) is -1.47. The van der Waals surface area contributed by atoms with Gasteiger partial charge in [-0.1, -0.05) is 24.8 Å². The van der Waals surface area contributed by atoms with Crippen molar-refractivity contribution in [2.45, 2.75) is 32.4 Å². The van der Waals surface area contributed by atoms with Crippen LogP contribution in [0.1, 0.15) is 6.92 Å². The maximum Gasteiger partial charge on any atom is 0.125 e. The van der Waals surface area contributed by atoms with E-state index in [1.54, 1.807) is 0 Å². The molecule has 4 nitrogen and oxygen atoms in total. The maximum atomic E-state index is 8.23. The van der Waals surface area contributed by atoms with Crippen LogP contribution in [0.25, 0.3) is 10.4 Å². The van der Waals surface area contributed by atoms with E-state index in [9.17, 15) is 0 Å². The van der Waals surface area contributed by atoms with Crippen molar-refractivity contribution in [2.75, 3.05) is 6.61 Å². The number of nitrogens with zero attached hydrogens (tertiary/aromatic N) is 3. The minimum Gasteiger partial charge on any atom is -0.376 e. The van der Waals surface area contributed by atoms with Gasteiger partial charge in [-0.05, 0) is 12.5 Å². The van der Waals surface area contributed by atoms with Crippen LogP contribution in [0.3, 0.4) is 0 Å². The lowest BCUT2D eigenvalue weighted by atomic mass is 10.9. The standard InChI is InChI=1S/C6H15N3OSi/c1-5-10-6(8-9-7)11(2,3)4/h6H,5H2,1-4H3. The zero-order chi connectivity index (χ0) is 8.91. The molecule has 0 radical (unpaired) electrons. The smallest absolute Gasteiger partial charge is 0.125 e. The molecule has 0 aliphatic carbocycles. The second-order valence-electron chi connectivity index (χ2n) is 3.38. The summed E-state index contributed by atoms with van der Waals surface area (Å²) in [6, 6.07) is 0. The highest BCUT2D eigenvalue weighted by molar-refractivity contribution is 6.77. The van der Waals surface area contributed by atoms with E-state index in [-0.39, 0.29) is 5.85 Å². The van der Waals surface area contributed by atoms with Gasteiger partial charge < -0.3 is 4.74 Å². The Balaban J connectivity index is 4.21. The quantitative estimate of drug-likeness (QED) is 0.279. The molecule has 0 aromatic heterocycles. The van der Waals surface area contributed by atoms with E-state index in [1.165, 1.54) is 0 Å². The summed E-state index contributed by atoms with van der Waals surface area (Å²) in [6.45, 7) is 8.85. The van der Waals surface area contributed by atoms with E-state index in [0.717, 1.165) is 0 Å². The molecule has 11 heavy (non-hydrogen) atoms. The first kappa shape index (κ1) is 10.5. The summed E-state index contributed by atoms with van der Waals surface area (Å²) in [6.07, 6.45) is 0. The van der Waals surface area contributed by atoms with E-state index in [0.29, 0.717) is 6.61 Å². The van der Waals surface area contributed by atoms with E-state index < -0.39 is 8.07 Å². The van der Waals surface area contributed by atoms with Gasteiger partial charge in [-0.25, -0.2) is 0 Å². The summed E-state index contributed by atoms with van der Waals surface area (Å²) < 4.78 is 5.29. The number of hydrogen-bond acceptors (Lipinski definition) is 2. The van der Waals surface area contributed by atoms with Gasteiger partial charge in [0.25, 0.3) is 0 Å². The lowest BCUT2D eigenvalue weighted by Crippen LogP contribution is -2.38. The Labute approximate surface area is 68.2 Å². The van der Waals surface area contributed by atoms with Gasteiger partial charge in [-0.3, -0.25) is 0 Å². The molecule has 5 heteroatoms. The third-order valence-corrected chi connectivity index (χ3v) is 2.99. The highest BCUT2D eigenvalue weighted by Crippen LogP contribution is 2.12. The summed E-state index contributed by atoms with van der Waals surface area (Å²) in [5, 5.41) is 3.61. The molecule has 0 aliphatic heterocycles. The molecule has 0 aliphatic rings. The van der Waals surface area contributed by atoms with E-state index >= 15 is 0 Å². The molecule has 1 atom stereocenters. The number of ether oxygens (including phenoxy) is 1. The molecule has 0 heterocycles. The minimum absolute atomic E-state index is 0.225. The van der Waals surface area contributed by atoms with Crippen molar-refractivity contribution in [3.63, 3.8) is 0 Å². The van der Waals surface area contributed by atoms with Gasteiger partial charge in [0, 0.05) is 11.5 Å². The van der Waals surface area contributed by atoms with Gasteiger partial charge >= 0.3 is 0 Å². The van der Waals surface area contributed by atoms with Crippen LogP contribution in [0.5, 0.6) is 0 Å². The van der Waals surface area contributed by atoms with Crippen molar-refractivity contribution < 1.29 is 4.74 Å². The van der Waals surface area contributed by atoms with Crippen molar-refractivity contribution in [1.29, 1.82) is 0 Å². The average molecular weight is 173 g/mol. The Morgan fingerprint density at radius 2 is 2.09 bits per heavy atom. The monoisotopic (exact) mass is 173 g/mol. The first-order chi connectivity index (χ1) is 5.02. The Hall–Kier alpha value is -0.513. The van der Waals surface area contributed by atoms with Crippen molar-refractivity contribution in [2.24, 2.45) is 5.11 Å². The average Bonchev–Trinajstić information content (AvgIpc) is 1.85. The highest BCUT2D eigenvalue weighted by Gasteiger charge is 2.25. The molecule has 0 saturated heterocycles. The van der Waals surface area contributed by atoms with Gasteiger partial charge in [0.1, 0.15) is 5.85 Å². The first-order valence-electron chi connectivity index (χ1n) is 3.68. The third kappa shape index (κ3) is 4.03. The van der Waals surface area contributed by atoms with Gasteiger partial charge in [0.15, 0.2) is 0 Å². The van der Waals surface area contributed by atoms with Crippen LogP contribution in [0.15, 0.2) is 5.11 Å². The Bertz CT molecular complexity index is 160. The topological polar surface area (TPSA) is 58.0 Å². The summed E-state index contributed by atoms with van der Waals surface area (Å²) in [5.74, 6) is -0.225. The molecule has 0 rings (SSSR count). The fourth-order valence-electron chi connectivity index (χ4n) is 0.661. The minimum atomic E-state index is -1.47. The lowest BCUT2D eigenvalue weighted by molar-refractivity contribution is 0.116. The zero-order valence-corrected chi connectivity index (χ0v) is 8.53. The van der Waals surface area contributed by atoms with E-state index in [1.807, 2.05) is 6.92 Å². The van der Waals surface area contributed by atoms with Gasteiger partial charge in [-0.15, -0.1) is 0 Å². The van der Waals surface area contributed by atoms with Crippen LogP contribution < -0.4 is 0 Å². The Morgan fingerprint density at radius 3 is 2.36 bits per heavy atom. The molecule has 0 N–H and O–H groups in total. The molecule has 64 valence electrons. The van der Waals surface area contributed by atoms with E-state index in [2.05, 4.69) is 29.7 Å². The molecule has 0 saturated carbocycles. The lowest BCUT2D eigenvalue weighted by Gasteiger charge is -2.23. The van der Waals surface area contributed by atoms with Crippen LogP contribution in [-0.4, -0.2) is 20.5 Å². The number of azide groups is 1. The molecule has 0 spiro atoms. The maximum absolute atomic E-state index is 8.23. The SMILES string of the molecule is CCOC(N=[N+]=[N-])[Si](C)(C)C. The Kier molecular flexibility index (Phi) is 4.18. The molecular formula is C6H15N3OSi. The fraction of sp³-hybridized carbons (Fsp3) is 1.00. The first-order valence-corrected chi connectivity index (χ1v) is 7.26.